The topological polar surface area (TPSA) is 83.4 Å². The molecular weight excluding hydrogens is 559 g/mol. The summed E-state index contributed by atoms with van der Waals surface area (Å²) in [4.78, 5) is 31.6. The van der Waals surface area contributed by atoms with E-state index in [9.17, 15) is 9.59 Å². The molecule has 0 saturated carbocycles. The Morgan fingerprint density at radius 2 is 1.49 bits per heavy atom. The van der Waals surface area contributed by atoms with Crippen molar-refractivity contribution in [1.82, 2.24) is 19.9 Å². The Kier molecular flexibility index (Phi) is 8.52. The number of fused-ring (bicyclic) bond motifs is 1. The molecular formula is C31H28Cl2N6O2. The number of nitrogens with one attached hydrogen (secondary N) is 1. The first kappa shape index (κ1) is 28.1. The van der Waals surface area contributed by atoms with Gasteiger partial charge in [-0.05, 0) is 71.8 Å². The fourth-order valence-electron chi connectivity index (χ4n) is 4.53. The number of hydrogen-bond acceptors (Lipinski definition) is 5. The number of amides is 2. The van der Waals surface area contributed by atoms with Crippen molar-refractivity contribution >= 4 is 57.4 Å². The lowest BCUT2D eigenvalue weighted by molar-refractivity contribution is -0.140. The van der Waals surface area contributed by atoms with Crippen LogP contribution in [0.1, 0.15) is 17.2 Å². The van der Waals surface area contributed by atoms with Crippen molar-refractivity contribution in [1.29, 1.82) is 0 Å². The number of carbonyl (C=O) groups excluding carboxylic acids is 2. The van der Waals surface area contributed by atoms with Gasteiger partial charge in [-0.1, -0.05) is 64.8 Å². The fraction of sp³-hybridized carbons (Fsp3) is 0.161. The first-order chi connectivity index (χ1) is 19.8. The molecule has 8 nitrogen and oxygen atoms in total. The molecule has 1 heterocycles. The van der Waals surface area contributed by atoms with Crippen LogP contribution in [0.5, 0.6) is 0 Å². The van der Waals surface area contributed by atoms with Crippen LogP contribution < -0.4 is 10.2 Å². The Hall–Kier alpha value is -4.40. The van der Waals surface area contributed by atoms with Crippen molar-refractivity contribution in [3.63, 3.8) is 0 Å². The highest BCUT2D eigenvalue weighted by Gasteiger charge is 2.32. The second kappa shape index (κ2) is 12.4. The summed E-state index contributed by atoms with van der Waals surface area (Å²) in [5, 5.41) is 12.5. The summed E-state index contributed by atoms with van der Waals surface area (Å²) >= 11 is 12.3. The molecule has 0 fully saturated rings. The summed E-state index contributed by atoms with van der Waals surface area (Å²) in [6, 6.07) is 28.1. The van der Waals surface area contributed by atoms with Gasteiger partial charge < -0.3 is 15.1 Å². The highest BCUT2D eigenvalue weighted by atomic mass is 35.5. The van der Waals surface area contributed by atoms with Crippen molar-refractivity contribution in [2.75, 3.05) is 24.3 Å². The lowest BCUT2D eigenvalue weighted by Crippen LogP contribution is -2.42. The minimum Gasteiger partial charge on any atom is -0.378 e. The van der Waals surface area contributed by atoms with Crippen LogP contribution in [0.15, 0.2) is 97.1 Å². The minimum absolute atomic E-state index is 0.108. The van der Waals surface area contributed by atoms with Crippen LogP contribution in [0.4, 0.5) is 11.4 Å². The van der Waals surface area contributed by atoms with Crippen molar-refractivity contribution in [2.24, 2.45) is 0 Å². The van der Waals surface area contributed by atoms with Gasteiger partial charge in [0.15, 0.2) is 0 Å². The Morgan fingerprint density at radius 3 is 2.15 bits per heavy atom. The van der Waals surface area contributed by atoms with Gasteiger partial charge in [-0.3, -0.25) is 9.59 Å². The van der Waals surface area contributed by atoms with E-state index >= 15 is 0 Å². The predicted octanol–water partition coefficient (Wildman–Crippen LogP) is 6.21. The zero-order valence-electron chi connectivity index (χ0n) is 22.5. The molecule has 0 spiro atoms. The van der Waals surface area contributed by atoms with E-state index in [0.29, 0.717) is 26.8 Å². The van der Waals surface area contributed by atoms with E-state index < -0.39 is 6.04 Å². The number of para-hydroxylation sites is 1. The average molecular weight is 588 g/mol. The molecule has 1 unspecified atom stereocenters. The number of benzene rings is 4. The number of halogens is 2. The summed E-state index contributed by atoms with van der Waals surface area (Å²) in [5.74, 6) is -0.677. The second-order valence-electron chi connectivity index (χ2n) is 9.77. The summed E-state index contributed by atoms with van der Waals surface area (Å²) < 4.78 is 1.54. The summed E-state index contributed by atoms with van der Waals surface area (Å²) in [6.07, 6.45) is 0. The van der Waals surface area contributed by atoms with E-state index in [1.54, 1.807) is 46.0 Å². The van der Waals surface area contributed by atoms with Gasteiger partial charge >= 0.3 is 0 Å². The molecule has 2 amide bonds. The molecule has 1 N–H and O–H groups in total. The van der Waals surface area contributed by atoms with Crippen molar-refractivity contribution in [2.45, 2.75) is 19.1 Å². The van der Waals surface area contributed by atoms with Gasteiger partial charge in [0, 0.05) is 42.1 Å². The smallest absolute Gasteiger partial charge is 0.251 e. The van der Waals surface area contributed by atoms with E-state index in [2.05, 4.69) is 15.6 Å². The van der Waals surface area contributed by atoms with Crippen molar-refractivity contribution in [3.05, 3.63) is 118 Å². The molecule has 0 aliphatic rings. The summed E-state index contributed by atoms with van der Waals surface area (Å²) in [7, 11) is 3.89. The van der Waals surface area contributed by atoms with E-state index in [4.69, 9.17) is 23.2 Å². The Morgan fingerprint density at radius 1 is 0.854 bits per heavy atom. The van der Waals surface area contributed by atoms with Gasteiger partial charge in [-0.25, -0.2) is 4.68 Å². The predicted molar refractivity (Wildman–Crippen MR) is 163 cm³/mol. The molecule has 1 aromatic heterocycles. The Labute approximate surface area is 248 Å². The van der Waals surface area contributed by atoms with Gasteiger partial charge in [0.25, 0.3) is 5.91 Å². The van der Waals surface area contributed by atoms with Crippen LogP contribution >= 0.6 is 23.2 Å². The highest BCUT2D eigenvalue weighted by Crippen LogP contribution is 2.28. The zero-order chi connectivity index (χ0) is 28.9. The number of hydrogen-bond donors (Lipinski definition) is 1. The molecule has 0 aliphatic heterocycles. The van der Waals surface area contributed by atoms with Gasteiger partial charge in [-0.2, -0.15) is 0 Å². The molecule has 0 saturated heterocycles. The third-order valence-electron chi connectivity index (χ3n) is 6.69. The molecule has 10 heteroatoms. The van der Waals surface area contributed by atoms with Crippen molar-refractivity contribution < 1.29 is 9.59 Å². The monoisotopic (exact) mass is 586 g/mol. The molecule has 0 aliphatic carbocycles. The Balaban J connectivity index is 1.53. The zero-order valence-corrected chi connectivity index (χ0v) is 24.0. The number of anilines is 2. The van der Waals surface area contributed by atoms with Crippen LogP contribution in [0.2, 0.25) is 10.0 Å². The number of carbonyl (C=O) groups is 2. The van der Waals surface area contributed by atoms with E-state index in [-0.39, 0.29) is 24.9 Å². The van der Waals surface area contributed by atoms with Crippen LogP contribution in [0, 0.1) is 0 Å². The lowest BCUT2D eigenvalue weighted by atomic mass is 10.0. The highest BCUT2D eigenvalue weighted by molar-refractivity contribution is 6.30. The molecule has 0 bridgehead atoms. The van der Waals surface area contributed by atoms with Gasteiger partial charge in [0.05, 0.1) is 5.52 Å². The molecule has 208 valence electrons. The average Bonchev–Trinajstić information content (AvgIpc) is 3.37. The third-order valence-corrected chi connectivity index (χ3v) is 7.19. The number of rotatable bonds is 9. The van der Waals surface area contributed by atoms with Crippen LogP contribution in [0.25, 0.3) is 11.0 Å². The number of nitrogens with zero attached hydrogens (tertiary/aromatic N) is 5. The molecule has 5 aromatic rings. The van der Waals surface area contributed by atoms with Crippen molar-refractivity contribution in [3.8, 4) is 0 Å². The van der Waals surface area contributed by atoms with Crippen LogP contribution in [0.3, 0.4) is 0 Å². The molecule has 41 heavy (non-hydrogen) atoms. The SMILES string of the molecule is CN(C)c1ccc(NC(=O)C(c2ccc(Cl)cc2)N(Cc2ccc(Cl)cc2)C(=O)Cn2nnc3ccccc32)cc1. The maximum absolute atomic E-state index is 14.1. The van der Waals surface area contributed by atoms with E-state index in [1.807, 2.05) is 79.7 Å². The third kappa shape index (κ3) is 6.67. The van der Waals surface area contributed by atoms with E-state index in [0.717, 1.165) is 16.8 Å². The largest absolute Gasteiger partial charge is 0.378 e. The molecule has 1 atom stereocenters. The standard InChI is InChI=1S/C31H28Cl2N6O2/c1-37(2)26-17-15-25(16-18-26)34-31(41)30(22-9-13-24(33)14-10-22)38(19-21-7-11-23(32)12-8-21)29(40)20-39-28-6-4-3-5-27(28)35-36-39/h3-18,30H,19-20H2,1-2H3,(H,34,41). The maximum Gasteiger partial charge on any atom is 0.251 e. The second-order valence-corrected chi connectivity index (χ2v) is 10.6. The van der Waals surface area contributed by atoms with Crippen LogP contribution in [-0.2, 0) is 22.7 Å². The summed E-state index contributed by atoms with van der Waals surface area (Å²) in [6.45, 7) is 0.0475. The molecule has 0 radical (unpaired) electrons. The number of aromatic nitrogens is 3. The normalized spacial score (nSPS) is 11.7. The first-order valence-electron chi connectivity index (χ1n) is 12.9. The fourth-order valence-corrected chi connectivity index (χ4v) is 4.79. The minimum atomic E-state index is -0.973. The van der Waals surface area contributed by atoms with Gasteiger partial charge in [0.2, 0.25) is 5.91 Å². The van der Waals surface area contributed by atoms with Crippen LogP contribution in [-0.4, -0.2) is 45.8 Å². The first-order valence-corrected chi connectivity index (χ1v) is 13.7. The van der Waals surface area contributed by atoms with E-state index in [1.165, 1.54) is 0 Å². The summed E-state index contributed by atoms with van der Waals surface area (Å²) in [5.41, 5.74) is 4.44. The van der Waals surface area contributed by atoms with Gasteiger partial charge in [-0.15, -0.1) is 5.10 Å². The lowest BCUT2D eigenvalue weighted by Gasteiger charge is -2.32. The Bertz CT molecular complexity index is 1650. The quantitative estimate of drug-likeness (QED) is 0.222. The maximum atomic E-state index is 14.1. The molecule has 4 aromatic carbocycles. The molecule has 5 rings (SSSR count). The van der Waals surface area contributed by atoms with Gasteiger partial charge in [0.1, 0.15) is 18.1 Å².